The monoisotopic (exact) mass is 405 g/mol. The van der Waals surface area contributed by atoms with E-state index in [0.29, 0.717) is 6.54 Å². The molecule has 1 aromatic heterocycles. The first kappa shape index (κ1) is 17.4. The SMILES string of the molecule is CN(Cc1nc2ccccc2s1)CN1C(=O)c2cc(Cl)c(Cl)cc2C1=O. The van der Waals surface area contributed by atoms with E-state index in [9.17, 15) is 9.59 Å². The second-order valence-electron chi connectivity index (χ2n) is 6.08. The molecule has 2 aromatic carbocycles. The van der Waals surface area contributed by atoms with Gasteiger partial charge in [0.05, 0.1) is 44.6 Å². The number of halogens is 2. The fraction of sp³-hybridized carbons (Fsp3) is 0.167. The van der Waals surface area contributed by atoms with Crippen molar-refractivity contribution in [1.29, 1.82) is 0 Å². The van der Waals surface area contributed by atoms with E-state index in [1.807, 2.05) is 36.2 Å². The smallest absolute Gasteiger partial charge is 0.262 e. The molecule has 0 fully saturated rings. The van der Waals surface area contributed by atoms with E-state index in [0.717, 1.165) is 15.2 Å². The Balaban J connectivity index is 1.52. The van der Waals surface area contributed by atoms with Crippen LogP contribution in [0.5, 0.6) is 0 Å². The van der Waals surface area contributed by atoms with Crippen molar-refractivity contribution >= 4 is 56.6 Å². The van der Waals surface area contributed by atoms with Crippen LogP contribution in [-0.4, -0.2) is 40.3 Å². The fourth-order valence-electron chi connectivity index (χ4n) is 2.92. The van der Waals surface area contributed by atoms with Crippen LogP contribution < -0.4 is 0 Å². The average Bonchev–Trinajstić information content (AvgIpc) is 3.10. The topological polar surface area (TPSA) is 53.5 Å². The zero-order valence-corrected chi connectivity index (χ0v) is 16.0. The summed E-state index contributed by atoms with van der Waals surface area (Å²) in [5, 5.41) is 1.45. The molecule has 0 saturated heterocycles. The summed E-state index contributed by atoms with van der Waals surface area (Å²) in [6.07, 6.45) is 0. The van der Waals surface area contributed by atoms with Crippen molar-refractivity contribution in [1.82, 2.24) is 14.8 Å². The first-order chi connectivity index (χ1) is 12.4. The summed E-state index contributed by atoms with van der Waals surface area (Å²) in [6, 6.07) is 10.8. The van der Waals surface area contributed by atoms with Crippen LogP contribution in [0.4, 0.5) is 0 Å². The van der Waals surface area contributed by atoms with E-state index in [2.05, 4.69) is 4.98 Å². The largest absolute Gasteiger partial charge is 0.282 e. The van der Waals surface area contributed by atoms with Crippen molar-refractivity contribution in [2.24, 2.45) is 0 Å². The Hall–Kier alpha value is -1.99. The molecule has 0 atom stereocenters. The molecule has 0 spiro atoms. The number of rotatable bonds is 4. The van der Waals surface area contributed by atoms with Crippen molar-refractivity contribution in [3.8, 4) is 0 Å². The van der Waals surface area contributed by atoms with Crippen LogP contribution in [0.2, 0.25) is 10.0 Å². The molecule has 0 aliphatic carbocycles. The van der Waals surface area contributed by atoms with Gasteiger partial charge >= 0.3 is 0 Å². The molecule has 0 unspecified atom stereocenters. The lowest BCUT2D eigenvalue weighted by Gasteiger charge is -2.21. The van der Waals surface area contributed by atoms with E-state index in [-0.39, 0.29) is 39.7 Å². The number of fused-ring (bicyclic) bond motifs is 2. The molecular formula is C18H13Cl2N3O2S. The van der Waals surface area contributed by atoms with Gasteiger partial charge in [-0.1, -0.05) is 35.3 Å². The zero-order chi connectivity index (χ0) is 18.4. The summed E-state index contributed by atoms with van der Waals surface area (Å²) in [7, 11) is 1.84. The number of carbonyl (C=O) groups excluding carboxylic acids is 2. The molecule has 3 aromatic rings. The van der Waals surface area contributed by atoms with Crippen LogP contribution in [0, 0.1) is 0 Å². The highest BCUT2D eigenvalue weighted by Gasteiger charge is 2.36. The number of amides is 2. The predicted octanol–water partition coefficient (Wildman–Crippen LogP) is 4.29. The maximum atomic E-state index is 12.6. The van der Waals surface area contributed by atoms with E-state index < -0.39 is 0 Å². The van der Waals surface area contributed by atoms with Gasteiger partial charge in [0.2, 0.25) is 0 Å². The van der Waals surface area contributed by atoms with Crippen molar-refractivity contribution in [3.05, 3.63) is 62.6 Å². The summed E-state index contributed by atoms with van der Waals surface area (Å²) in [5.74, 6) is -0.723. The Morgan fingerprint density at radius 1 is 1.08 bits per heavy atom. The second-order valence-corrected chi connectivity index (χ2v) is 8.01. The predicted molar refractivity (Wildman–Crippen MR) is 103 cm³/mol. The quantitative estimate of drug-likeness (QED) is 0.607. The number of nitrogens with zero attached hydrogens (tertiary/aromatic N) is 3. The number of hydrogen-bond donors (Lipinski definition) is 0. The van der Waals surface area contributed by atoms with Gasteiger partial charge in [0, 0.05) is 0 Å². The number of para-hydroxylation sites is 1. The van der Waals surface area contributed by atoms with Gasteiger partial charge in [0.1, 0.15) is 5.01 Å². The van der Waals surface area contributed by atoms with Gasteiger partial charge in [-0.2, -0.15) is 0 Å². The normalized spacial score (nSPS) is 13.9. The van der Waals surface area contributed by atoms with Crippen LogP contribution in [-0.2, 0) is 6.54 Å². The van der Waals surface area contributed by atoms with Crippen molar-refractivity contribution in [2.75, 3.05) is 13.7 Å². The highest BCUT2D eigenvalue weighted by atomic mass is 35.5. The molecule has 0 N–H and O–H groups in total. The average molecular weight is 406 g/mol. The number of aromatic nitrogens is 1. The van der Waals surface area contributed by atoms with Crippen LogP contribution >= 0.6 is 34.5 Å². The molecule has 2 heterocycles. The summed E-state index contributed by atoms with van der Waals surface area (Å²) >= 11 is 13.5. The third-order valence-corrected chi connectivity index (χ3v) is 5.88. The van der Waals surface area contributed by atoms with E-state index in [1.54, 1.807) is 11.3 Å². The van der Waals surface area contributed by atoms with Crippen LogP contribution in [0.1, 0.15) is 25.7 Å². The van der Waals surface area contributed by atoms with Crippen LogP contribution in [0.3, 0.4) is 0 Å². The van der Waals surface area contributed by atoms with E-state index in [1.165, 1.54) is 17.0 Å². The molecule has 5 nitrogen and oxygen atoms in total. The molecule has 2 amide bonds. The summed E-state index contributed by atoms with van der Waals surface area (Å²) < 4.78 is 1.11. The lowest BCUT2D eigenvalue weighted by molar-refractivity contribution is 0.0559. The molecule has 0 radical (unpaired) electrons. The second kappa shape index (κ2) is 6.63. The number of carbonyl (C=O) groups is 2. The standard InChI is InChI=1S/C18H13Cl2N3O2S/c1-22(8-16-21-14-4-2-3-5-15(14)26-16)9-23-17(24)10-6-12(19)13(20)7-11(10)18(23)25/h2-7H,8-9H2,1H3. The lowest BCUT2D eigenvalue weighted by Crippen LogP contribution is -2.39. The molecule has 8 heteroatoms. The fourth-order valence-corrected chi connectivity index (χ4v) is 4.30. The van der Waals surface area contributed by atoms with E-state index in [4.69, 9.17) is 23.2 Å². The Morgan fingerprint density at radius 2 is 1.69 bits per heavy atom. The molecule has 4 rings (SSSR count). The molecule has 26 heavy (non-hydrogen) atoms. The number of hydrogen-bond acceptors (Lipinski definition) is 5. The molecule has 1 aliphatic heterocycles. The Kier molecular flexibility index (Phi) is 4.44. The third-order valence-electron chi connectivity index (χ3n) is 4.14. The first-order valence-corrected chi connectivity index (χ1v) is 9.39. The van der Waals surface area contributed by atoms with Gasteiger partial charge < -0.3 is 0 Å². The zero-order valence-electron chi connectivity index (χ0n) is 13.7. The van der Waals surface area contributed by atoms with Gasteiger partial charge in [0.25, 0.3) is 11.8 Å². The van der Waals surface area contributed by atoms with Gasteiger partial charge in [-0.05, 0) is 31.3 Å². The number of imide groups is 1. The Labute approximate surface area is 163 Å². The number of thiazole rings is 1. The maximum absolute atomic E-state index is 12.6. The summed E-state index contributed by atoms with van der Waals surface area (Å²) in [5.41, 5.74) is 1.53. The minimum Gasteiger partial charge on any atom is -0.282 e. The molecule has 0 bridgehead atoms. The minimum atomic E-state index is -0.361. The summed E-state index contributed by atoms with van der Waals surface area (Å²) in [4.78, 5) is 32.8. The van der Waals surface area contributed by atoms with Crippen molar-refractivity contribution in [3.63, 3.8) is 0 Å². The Bertz CT molecular complexity index is 976. The molecule has 0 saturated carbocycles. The summed E-state index contributed by atoms with van der Waals surface area (Å²) in [6.45, 7) is 0.700. The van der Waals surface area contributed by atoms with Gasteiger partial charge in [0.15, 0.2) is 0 Å². The highest BCUT2D eigenvalue weighted by Crippen LogP contribution is 2.31. The molecule has 132 valence electrons. The van der Waals surface area contributed by atoms with Crippen LogP contribution in [0.15, 0.2) is 36.4 Å². The number of benzene rings is 2. The maximum Gasteiger partial charge on any atom is 0.262 e. The molecule has 1 aliphatic rings. The minimum absolute atomic E-state index is 0.164. The van der Waals surface area contributed by atoms with Gasteiger partial charge in [-0.25, -0.2) is 4.98 Å². The molecular weight excluding hydrogens is 393 g/mol. The highest BCUT2D eigenvalue weighted by molar-refractivity contribution is 7.18. The lowest BCUT2D eigenvalue weighted by atomic mass is 10.1. The van der Waals surface area contributed by atoms with E-state index >= 15 is 0 Å². The van der Waals surface area contributed by atoms with Crippen LogP contribution in [0.25, 0.3) is 10.2 Å². The first-order valence-electron chi connectivity index (χ1n) is 7.82. The Morgan fingerprint density at radius 3 is 2.31 bits per heavy atom. The van der Waals surface area contributed by atoms with Crippen molar-refractivity contribution in [2.45, 2.75) is 6.54 Å². The van der Waals surface area contributed by atoms with Crippen molar-refractivity contribution < 1.29 is 9.59 Å². The van der Waals surface area contributed by atoms with Gasteiger partial charge in [-0.15, -0.1) is 11.3 Å². The third kappa shape index (κ3) is 2.99. The van der Waals surface area contributed by atoms with Gasteiger partial charge in [-0.3, -0.25) is 19.4 Å².